The Labute approximate surface area is 110 Å². The van der Waals surface area contributed by atoms with Crippen molar-refractivity contribution in [3.8, 4) is 0 Å². The topological polar surface area (TPSA) is 12.0 Å². The molecular formula is C14H17F4N. The van der Waals surface area contributed by atoms with Crippen LogP contribution in [-0.2, 0) is 6.18 Å². The van der Waals surface area contributed by atoms with Gasteiger partial charge in [0.1, 0.15) is 5.82 Å². The second-order valence-corrected chi connectivity index (χ2v) is 5.11. The van der Waals surface area contributed by atoms with Crippen molar-refractivity contribution in [3.05, 3.63) is 35.1 Å². The van der Waals surface area contributed by atoms with Gasteiger partial charge >= 0.3 is 6.18 Å². The Morgan fingerprint density at radius 1 is 1.21 bits per heavy atom. The summed E-state index contributed by atoms with van der Waals surface area (Å²) in [6.07, 6.45) is -2.79. The van der Waals surface area contributed by atoms with E-state index in [-0.39, 0.29) is 17.4 Å². The van der Waals surface area contributed by atoms with Crippen LogP contribution in [0.3, 0.4) is 0 Å². The second kappa shape index (κ2) is 5.49. The number of piperidine rings is 1. The molecular weight excluding hydrogens is 258 g/mol. The monoisotopic (exact) mass is 275 g/mol. The van der Waals surface area contributed by atoms with Crippen LogP contribution in [0.2, 0.25) is 0 Å². The van der Waals surface area contributed by atoms with Gasteiger partial charge in [-0.15, -0.1) is 0 Å². The summed E-state index contributed by atoms with van der Waals surface area (Å²) in [5, 5.41) is 3.19. The Balaban J connectivity index is 2.32. The molecule has 1 aromatic rings. The fourth-order valence-corrected chi connectivity index (χ4v) is 2.77. The van der Waals surface area contributed by atoms with E-state index in [1.54, 1.807) is 6.92 Å². The van der Waals surface area contributed by atoms with E-state index >= 15 is 0 Å². The van der Waals surface area contributed by atoms with E-state index in [0.717, 1.165) is 32.0 Å². The molecule has 1 unspecified atom stereocenters. The average molecular weight is 275 g/mol. The SMILES string of the molecule is CC(c1ccc(F)cc1C(F)(F)F)C1CCNCC1. The zero-order valence-electron chi connectivity index (χ0n) is 10.7. The van der Waals surface area contributed by atoms with Gasteiger partial charge in [-0.1, -0.05) is 13.0 Å². The third-order valence-corrected chi connectivity index (χ3v) is 3.90. The van der Waals surface area contributed by atoms with Gasteiger partial charge in [-0.2, -0.15) is 13.2 Å². The van der Waals surface area contributed by atoms with Gasteiger partial charge in [0.15, 0.2) is 0 Å². The van der Waals surface area contributed by atoms with Crippen LogP contribution in [0.4, 0.5) is 17.6 Å². The molecule has 0 saturated carbocycles. The lowest BCUT2D eigenvalue weighted by molar-refractivity contribution is -0.138. The lowest BCUT2D eigenvalue weighted by atomic mass is 9.80. The van der Waals surface area contributed by atoms with Crippen LogP contribution in [-0.4, -0.2) is 13.1 Å². The van der Waals surface area contributed by atoms with E-state index in [1.165, 1.54) is 6.07 Å². The van der Waals surface area contributed by atoms with Crippen LogP contribution in [0.25, 0.3) is 0 Å². The summed E-state index contributed by atoms with van der Waals surface area (Å²) in [7, 11) is 0. The predicted octanol–water partition coefficient (Wildman–Crippen LogP) is 3.95. The molecule has 1 nitrogen and oxygen atoms in total. The van der Waals surface area contributed by atoms with Gasteiger partial charge in [0.05, 0.1) is 5.56 Å². The van der Waals surface area contributed by atoms with E-state index in [4.69, 9.17) is 0 Å². The van der Waals surface area contributed by atoms with Crippen LogP contribution < -0.4 is 5.32 Å². The summed E-state index contributed by atoms with van der Waals surface area (Å²) in [5.74, 6) is -0.833. The van der Waals surface area contributed by atoms with E-state index in [9.17, 15) is 17.6 Å². The lowest BCUT2D eigenvalue weighted by Crippen LogP contribution is -2.30. The lowest BCUT2D eigenvalue weighted by Gasteiger charge is -2.30. The molecule has 0 amide bonds. The van der Waals surface area contributed by atoms with Crippen LogP contribution in [0.1, 0.15) is 36.8 Å². The molecule has 106 valence electrons. The van der Waals surface area contributed by atoms with Crippen molar-refractivity contribution in [2.45, 2.75) is 31.9 Å². The van der Waals surface area contributed by atoms with Gasteiger partial charge in [0.2, 0.25) is 0 Å². The highest BCUT2D eigenvalue weighted by atomic mass is 19.4. The Morgan fingerprint density at radius 3 is 2.42 bits per heavy atom. The molecule has 0 aromatic heterocycles. The Hall–Kier alpha value is -1.10. The highest BCUT2D eigenvalue weighted by molar-refractivity contribution is 5.33. The summed E-state index contributed by atoms with van der Waals surface area (Å²) in [4.78, 5) is 0. The average Bonchev–Trinajstić information content (AvgIpc) is 2.38. The number of halogens is 4. The highest BCUT2D eigenvalue weighted by Crippen LogP contribution is 2.39. The van der Waals surface area contributed by atoms with Crippen molar-refractivity contribution in [2.75, 3.05) is 13.1 Å². The number of alkyl halides is 3. The van der Waals surface area contributed by atoms with Crippen molar-refractivity contribution in [3.63, 3.8) is 0 Å². The Kier molecular flexibility index (Phi) is 4.13. The molecule has 0 radical (unpaired) electrons. The number of hydrogen-bond acceptors (Lipinski definition) is 1. The van der Waals surface area contributed by atoms with Crippen molar-refractivity contribution >= 4 is 0 Å². The van der Waals surface area contributed by atoms with Gasteiger partial charge < -0.3 is 5.32 Å². The first kappa shape index (κ1) is 14.3. The molecule has 1 fully saturated rings. The quantitative estimate of drug-likeness (QED) is 0.806. The normalized spacial score (nSPS) is 19.4. The van der Waals surface area contributed by atoms with Crippen LogP contribution >= 0.6 is 0 Å². The molecule has 1 aliphatic heterocycles. The van der Waals surface area contributed by atoms with E-state index in [1.807, 2.05) is 0 Å². The van der Waals surface area contributed by atoms with Gasteiger partial charge in [-0.25, -0.2) is 4.39 Å². The molecule has 0 spiro atoms. The molecule has 1 heterocycles. The number of rotatable bonds is 2. The number of nitrogens with one attached hydrogen (secondary N) is 1. The molecule has 1 saturated heterocycles. The zero-order chi connectivity index (χ0) is 14.0. The minimum absolute atomic E-state index is 0.209. The predicted molar refractivity (Wildman–Crippen MR) is 65.4 cm³/mol. The van der Waals surface area contributed by atoms with Crippen molar-refractivity contribution < 1.29 is 17.6 Å². The standard InChI is InChI=1S/C14H17F4N/c1-9(10-4-6-19-7-5-10)12-3-2-11(15)8-13(12)14(16,17)18/h2-3,8-10,19H,4-7H2,1H3. The summed E-state index contributed by atoms with van der Waals surface area (Å²) in [6, 6.07) is 3.00. The minimum Gasteiger partial charge on any atom is -0.317 e. The van der Waals surface area contributed by atoms with E-state index in [0.29, 0.717) is 6.07 Å². The first-order valence-electron chi connectivity index (χ1n) is 6.47. The van der Waals surface area contributed by atoms with E-state index < -0.39 is 17.6 Å². The number of benzene rings is 1. The summed E-state index contributed by atoms with van der Waals surface area (Å²) in [6.45, 7) is 3.47. The molecule has 0 bridgehead atoms. The fourth-order valence-electron chi connectivity index (χ4n) is 2.77. The molecule has 19 heavy (non-hydrogen) atoms. The van der Waals surface area contributed by atoms with E-state index in [2.05, 4.69) is 5.32 Å². The molecule has 1 N–H and O–H groups in total. The van der Waals surface area contributed by atoms with Crippen molar-refractivity contribution in [2.24, 2.45) is 5.92 Å². The zero-order valence-corrected chi connectivity index (χ0v) is 10.7. The summed E-state index contributed by atoms with van der Waals surface area (Å²) < 4.78 is 52.0. The van der Waals surface area contributed by atoms with Crippen LogP contribution in [0.15, 0.2) is 18.2 Å². The summed E-state index contributed by atoms with van der Waals surface area (Å²) >= 11 is 0. The fraction of sp³-hybridized carbons (Fsp3) is 0.571. The van der Waals surface area contributed by atoms with Gasteiger partial charge in [-0.3, -0.25) is 0 Å². The largest absolute Gasteiger partial charge is 0.416 e. The molecule has 5 heteroatoms. The molecule has 1 atom stereocenters. The second-order valence-electron chi connectivity index (χ2n) is 5.11. The highest BCUT2D eigenvalue weighted by Gasteiger charge is 2.36. The third-order valence-electron chi connectivity index (χ3n) is 3.90. The molecule has 0 aliphatic carbocycles. The molecule has 2 rings (SSSR count). The first-order valence-corrected chi connectivity index (χ1v) is 6.47. The van der Waals surface area contributed by atoms with Gasteiger partial charge in [0.25, 0.3) is 0 Å². The maximum atomic E-state index is 13.1. The Morgan fingerprint density at radius 2 is 1.84 bits per heavy atom. The third kappa shape index (κ3) is 3.26. The Bertz CT molecular complexity index is 436. The maximum Gasteiger partial charge on any atom is 0.416 e. The number of hydrogen-bond donors (Lipinski definition) is 1. The van der Waals surface area contributed by atoms with Gasteiger partial charge in [-0.05, 0) is 55.5 Å². The van der Waals surface area contributed by atoms with Crippen LogP contribution in [0, 0.1) is 11.7 Å². The van der Waals surface area contributed by atoms with Crippen LogP contribution in [0.5, 0.6) is 0 Å². The molecule has 1 aliphatic rings. The van der Waals surface area contributed by atoms with Crippen molar-refractivity contribution in [1.82, 2.24) is 5.32 Å². The minimum atomic E-state index is -4.50. The summed E-state index contributed by atoms with van der Waals surface area (Å²) in [5.41, 5.74) is -0.626. The molecule has 1 aromatic carbocycles. The van der Waals surface area contributed by atoms with Crippen molar-refractivity contribution in [1.29, 1.82) is 0 Å². The first-order chi connectivity index (χ1) is 8.89. The maximum absolute atomic E-state index is 13.1. The van der Waals surface area contributed by atoms with Gasteiger partial charge in [0, 0.05) is 0 Å². The smallest absolute Gasteiger partial charge is 0.317 e.